The third kappa shape index (κ3) is 1.94. The summed E-state index contributed by atoms with van der Waals surface area (Å²) in [5.41, 5.74) is 1.25. The molecule has 0 bridgehead atoms. The molecule has 0 aliphatic carbocycles. The molecule has 1 aromatic rings. The second-order valence-corrected chi connectivity index (χ2v) is 4.89. The second kappa shape index (κ2) is 4.40. The molecule has 0 atom stereocenters. The minimum Gasteiger partial charge on any atom is -0.397 e. The van der Waals surface area contributed by atoms with Gasteiger partial charge in [-0.1, -0.05) is 24.3 Å². The van der Waals surface area contributed by atoms with E-state index in [2.05, 4.69) is 19.1 Å². The zero-order valence-corrected chi connectivity index (χ0v) is 8.86. The smallest absolute Gasteiger partial charge is 0.355 e. The predicted molar refractivity (Wildman–Crippen MR) is 52.0 cm³/mol. The summed E-state index contributed by atoms with van der Waals surface area (Å²) >= 11 is 0. The van der Waals surface area contributed by atoms with E-state index in [9.17, 15) is 0 Å². The average Bonchev–Trinajstić information content (AvgIpc) is 2.10. The van der Waals surface area contributed by atoms with Crippen molar-refractivity contribution in [2.75, 3.05) is 14.2 Å². The molecule has 2 nitrogen and oxygen atoms in total. The number of aryl methyl sites for hydroxylation is 1. The molecule has 0 unspecified atom stereocenters. The molecule has 0 N–H and O–H groups in total. The van der Waals surface area contributed by atoms with Gasteiger partial charge >= 0.3 is 9.28 Å². The Hall–Kier alpha value is -0.643. The van der Waals surface area contributed by atoms with Gasteiger partial charge in [-0.3, -0.25) is 0 Å². The van der Waals surface area contributed by atoms with Crippen LogP contribution in [0.15, 0.2) is 24.3 Å². The first-order valence-corrected chi connectivity index (χ1v) is 5.42. The Bertz CT molecular complexity index is 246. The highest BCUT2D eigenvalue weighted by atomic mass is 28.3. The van der Waals surface area contributed by atoms with Crippen molar-refractivity contribution in [1.82, 2.24) is 0 Å². The van der Waals surface area contributed by atoms with Gasteiger partial charge in [-0.15, -0.1) is 0 Å². The van der Waals surface area contributed by atoms with E-state index in [4.69, 9.17) is 8.85 Å². The zero-order valence-electron chi connectivity index (χ0n) is 7.70. The lowest BCUT2D eigenvalue weighted by atomic mass is 10.2. The van der Waals surface area contributed by atoms with Gasteiger partial charge in [0.25, 0.3) is 0 Å². The van der Waals surface area contributed by atoms with Gasteiger partial charge in [-0.2, -0.15) is 0 Å². The van der Waals surface area contributed by atoms with E-state index >= 15 is 0 Å². The molecule has 12 heavy (non-hydrogen) atoms. The SMILES string of the molecule is CO[SiH](OC)c1ccccc1C. The molecule has 0 spiro atoms. The highest BCUT2D eigenvalue weighted by molar-refractivity contribution is 6.61. The van der Waals surface area contributed by atoms with Crippen molar-refractivity contribution >= 4 is 14.5 Å². The summed E-state index contributed by atoms with van der Waals surface area (Å²) in [4.78, 5) is 0. The highest BCUT2D eigenvalue weighted by Gasteiger charge is 2.14. The van der Waals surface area contributed by atoms with Gasteiger partial charge in [0.05, 0.1) is 0 Å². The van der Waals surface area contributed by atoms with E-state index in [-0.39, 0.29) is 0 Å². The van der Waals surface area contributed by atoms with Crippen LogP contribution in [-0.4, -0.2) is 23.5 Å². The van der Waals surface area contributed by atoms with E-state index in [1.54, 1.807) is 14.2 Å². The molecule has 66 valence electrons. The van der Waals surface area contributed by atoms with Gasteiger partial charge < -0.3 is 8.85 Å². The standard InChI is InChI=1S/C9H14O2Si/c1-8-6-4-5-7-9(8)12(10-2)11-3/h4-7,12H,1-3H3. The van der Waals surface area contributed by atoms with Crippen LogP contribution in [0.5, 0.6) is 0 Å². The molecule has 0 aliphatic heterocycles. The molecule has 0 saturated carbocycles. The van der Waals surface area contributed by atoms with Crippen LogP contribution in [0.3, 0.4) is 0 Å². The van der Waals surface area contributed by atoms with Crippen LogP contribution in [0.25, 0.3) is 0 Å². The van der Waals surface area contributed by atoms with E-state index in [0.717, 1.165) is 0 Å². The van der Waals surface area contributed by atoms with Crippen LogP contribution in [0.2, 0.25) is 0 Å². The summed E-state index contributed by atoms with van der Waals surface area (Å²) in [6.45, 7) is 2.08. The summed E-state index contributed by atoms with van der Waals surface area (Å²) in [6, 6.07) is 8.18. The van der Waals surface area contributed by atoms with Crippen LogP contribution in [0, 0.1) is 6.92 Å². The van der Waals surface area contributed by atoms with Gasteiger partial charge in [0.1, 0.15) is 0 Å². The molecular formula is C9H14O2Si. The number of benzene rings is 1. The fourth-order valence-corrected chi connectivity index (χ4v) is 2.64. The Kier molecular flexibility index (Phi) is 3.46. The molecule has 0 radical (unpaired) electrons. The molecule has 0 aromatic heterocycles. The Labute approximate surface area is 75.0 Å². The summed E-state index contributed by atoms with van der Waals surface area (Å²) < 4.78 is 10.6. The molecule has 1 aromatic carbocycles. The third-order valence-corrected chi connectivity index (χ3v) is 3.88. The number of hydrogen-bond acceptors (Lipinski definition) is 2. The Balaban J connectivity index is 2.92. The van der Waals surface area contributed by atoms with Crippen LogP contribution in [0.4, 0.5) is 0 Å². The first kappa shape index (κ1) is 9.44. The van der Waals surface area contributed by atoms with Gasteiger partial charge in [0.15, 0.2) is 0 Å². The van der Waals surface area contributed by atoms with Crippen molar-refractivity contribution in [3.8, 4) is 0 Å². The fourth-order valence-electron chi connectivity index (χ4n) is 1.20. The van der Waals surface area contributed by atoms with Crippen molar-refractivity contribution in [3.05, 3.63) is 29.8 Å². The van der Waals surface area contributed by atoms with Crippen molar-refractivity contribution in [2.24, 2.45) is 0 Å². The average molecular weight is 182 g/mol. The van der Waals surface area contributed by atoms with Gasteiger partial charge in [-0.25, -0.2) is 0 Å². The van der Waals surface area contributed by atoms with Crippen LogP contribution in [-0.2, 0) is 8.85 Å². The maximum absolute atomic E-state index is 5.28. The van der Waals surface area contributed by atoms with E-state index < -0.39 is 9.28 Å². The molecule has 3 heteroatoms. The lowest BCUT2D eigenvalue weighted by Crippen LogP contribution is -2.36. The molecule has 0 fully saturated rings. The van der Waals surface area contributed by atoms with Crippen LogP contribution < -0.4 is 5.19 Å². The van der Waals surface area contributed by atoms with E-state index in [1.165, 1.54) is 10.8 Å². The summed E-state index contributed by atoms with van der Waals surface area (Å²) in [7, 11) is 1.81. The quantitative estimate of drug-likeness (QED) is 0.641. The highest BCUT2D eigenvalue weighted by Crippen LogP contribution is 1.96. The Morgan fingerprint density at radius 2 is 1.67 bits per heavy atom. The molecule has 0 aliphatic rings. The van der Waals surface area contributed by atoms with Crippen LogP contribution in [0.1, 0.15) is 5.56 Å². The molecule has 0 amide bonds. The lowest BCUT2D eigenvalue weighted by Gasteiger charge is -2.12. The lowest BCUT2D eigenvalue weighted by molar-refractivity contribution is 0.292. The Morgan fingerprint density at radius 3 is 2.17 bits per heavy atom. The first-order chi connectivity index (χ1) is 5.79. The second-order valence-electron chi connectivity index (χ2n) is 2.66. The summed E-state index contributed by atoms with van der Waals surface area (Å²) in [5, 5.41) is 1.22. The topological polar surface area (TPSA) is 18.5 Å². The minimum absolute atomic E-state index is 1.22. The molecule has 1 rings (SSSR count). The van der Waals surface area contributed by atoms with Gasteiger partial charge in [0, 0.05) is 14.2 Å². The summed E-state index contributed by atoms with van der Waals surface area (Å²) in [5.74, 6) is 0. The largest absolute Gasteiger partial charge is 0.397 e. The van der Waals surface area contributed by atoms with Crippen molar-refractivity contribution in [1.29, 1.82) is 0 Å². The maximum atomic E-state index is 5.28. The van der Waals surface area contributed by atoms with Crippen molar-refractivity contribution in [2.45, 2.75) is 6.92 Å². The van der Waals surface area contributed by atoms with E-state index in [0.29, 0.717) is 0 Å². The van der Waals surface area contributed by atoms with E-state index in [1.807, 2.05) is 12.1 Å². The third-order valence-electron chi connectivity index (χ3n) is 1.87. The number of hydrogen-bond donors (Lipinski definition) is 0. The fraction of sp³-hybridized carbons (Fsp3) is 0.333. The first-order valence-electron chi connectivity index (χ1n) is 3.90. The summed E-state index contributed by atoms with van der Waals surface area (Å²) in [6.07, 6.45) is 0. The molecule has 0 saturated heterocycles. The van der Waals surface area contributed by atoms with Gasteiger partial charge in [0.2, 0.25) is 0 Å². The maximum Gasteiger partial charge on any atom is 0.355 e. The number of rotatable bonds is 3. The monoisotopic (exact) mass is 182 g/mol. The minimum atomic E-state index is -1.59. The molecular weight excluding hydrogens is 168 g/mol. The zero-order chi connectivity index (χ0) is 8.97. The predicted octanol–water partition coefficient (Wildman–Crippen LogP) is 0.715. The van der Waals surface area contributed by atoms with Crippen molar-refractivity contribution < 1.29 is 8.85 Å². The Morgan fingerprint density at radius 1 is 1.08 bits per heavy atom. The van der Waals surface area contributed by atoms with Crippen LogP contribution >= 0.6 is 0 Å². The normalized spacial score (nSPS) is 10.7. The van der Waals surface area contributed by atoms with Gasteiger partial charge in [-0.05, 0) is 17.7 Å². The van der Waals surface area contributed by atoms with Crippen molar-refractivity contribution in [3.63, 3.8) is 0 Å². The molecule has 0 heterocycles.